The number of carbonyl (C=O) groups excluding carboxylic acids is 2. The Morgan fingerprint density at radius 1 is 0.508 bits per heavy atom. The van der Waals surface area contributed by atoms with Crippen molar-refractivity contribution in [3.63, 3.8) is 0 Å². The van der Waals surface area contributed by atoms with Crippen molar-refractivity contribution in [2.75, 3.05) is 13.2 Å². The number of aliphatic hydroxyl groups excluding tert-OH is 5. The fourth-order valence-electron chi connectivity index (χ4n) is 6.48. The summed E-state index contributed by atoms with van der Waals surface area (Å²) in [6.45, 7) is 3.09. The molecule has 0 spiro atoms. The molecule has 0 aromatic carbocycles. The molecule has 0 bridgehead atoms. The molecule has 1 saturated carbocycles. The van der Waals surface area contributed by atoms with E-state index in [1.165, 1.54) is 57.8 Å². The Bertz CT molecular complexity index is 1420. The van der Waals surface area contributed by atoms with Crippen LogP contribution in [-0.4, -0.2) is 98.3 Å². The average molecular weight is 909 g/mol. The number of aliphatic hydroxyl groups is 5. The molecular formula is C49H81O13P. The van der Waals surface area contributed by atoms with E-state index in [2.05, 4.69) is 80.7 Å². The highest BCUT2D eigenvalue weighted by Gasteiger charge is 2.51. The minimum atomic E-state index is -5.15. The molecule has 1 rings (SSSR count). The van der Waals surface area contributed by atoms with E-state index >= 15 is 0 Å². The maximum Gasteiger partial charge on any atom is 0.472 e. The van der Waals surface area contributed by atoms with Crippen molar-refractivity contribution in [2.45, 2.75) is 198 Å². The maximum atomic E-state index is 12.8. The Morgan fingerprint density at radius 2 is 0.905 bits per heavy atom. The van der Waals surface area contributed by atoms with Gasteiger partial charge in [-0.2, -0.15) is 0 Å². The Kier molecular flexibility index (Phi) is 35.3. The number of esters is 2. The van der Waals surface area contributed by atoms with Gasteiger partial charge in [0.05, 0.1) is 6.61 Å². The van der Waals surface area contributed by atoms with Crippen LogP contribution in [0.25, 0.3) is 0 Å². The van der Waals surface area contributed by atoms with Crippen LogP contribution in [0.2, 0.25) is 0 Å². The van der Waals surface area contributed by atoms with Crippen LogP contribution >= 0.6 is 7.82 Å². The Hall–Kier alpha value is -2.97. The lowest BCUT2D eigenvalue weighted by atomic mass is 9.85. The van der Waals surface area contributed by atoms with Gasteiger partial charge >= 0.3 is 19.8 Å². The summed E-state index contributed by atoms with van der Waals surface area (Å²) in [5.41, 5.74) is 0. The fraction of sp³-hybridized carbons (Fsp3) is 0.673. The van der Waals surface area contributed by atoms with Crippen LogP contribution in [0.3, 0.4) is 0 Å². The molecule has 8 atom stereocenters. The van der Waals surface area contributed by atoms with Crippen LogP contribution in [0.5, 0.6) is 0 Å². The quantitative estimate of drug-likeness (QED) is 0.0149. The van der Waals surface area contributed by atoms with Gasteiger partial charge in [-0.15, -0.1) is 0 Å². The van der Waals surface area contributed by atoms with E-state index in [4.69, 9.17) is 18.5 Å². The SMILES string of the molecule is CC/C=C/C/C=C/C/C=C/C/C=C/C/C=C/CCCC(=O)O[C@@H](COC(=O)CCC/C=C/C/C=C/CCCCCCCCCCC)COP(=O)(O)OC1C(O)C(O)C(O)[C@H](O)C1O. The normalized spacial score (nSPS) is 22.5. The molecule has 360 valence electrons. The van der Waals surface area contributed by atoms with Crippen molar-refractivity contribution in [3.8, 4) is 0 Å². The second-order valence-corrected chi connectivity index (χ2v) is 17.3. The number of ether oxygens (including phenoxy) is 2. The molecule has 1 aliphatic carbocycles. The zero-order valence-electron chi connectivity index (χ0n) is 38.1. The van der Waals surface area contributed by atoms with Crippen molar-refractivity contribution in [3.05, 3.63) is 85.1 Å². The summed E-state index contributed by atoms with van der Waals surface area (Å²) in [5.74, 6) is -1.23. The predicted octanol–water partition coefficient (Wildman–Crippen LogP) is 9.28. The summed E-state index contributed by atoms with van der Waals surface area (Å²) in [6, 6.07) is 0. The summed E-state index contributed by atoms with van der Waals surface area (Å²) < 4.78 is 33.4. The third kappa shape index (κ3) is 30.7. The third-order valence-electron chi connectivity index (χ3n) is 10.2. The smallest absolute Gasteiger partial charge is 0.462 e. The van der Waals surface area contributed by atoms with E-state index in [1.807, 2.05) is 18.2 Å². The molecule has 1 aliphatic rings. The van der Waals surface area contributed by atoms with Gasteiger partial charge in [-0.1, -0.05) is 150 Å². The topological polar surface area (TPSA) is 210 Å². The van der Waals surface area contributed by atoms with E-state index in [0.717, 1.165) is 44.9 Å². The van der Waals surface area contributed by atoms with Gasteiger partial charge in [0.1, 0.15) is 43.2 Å². The van der Waals surface area contributed by atoms with Crippen LogP contribution in [0.4, 0.5) is 0 Å². The van der Waals surface area contributed by atoms with Gasteiger partial charge in [0, 0.05) is 12.8 Å². The van der Waals surface area contributed by atoms with Crippen molar-refractivity contribution >= 4 is 19.8 Å². The first-order valence-corrected chi connectivity index (χ1v) is 24.9. The van der Waals surface area contributed by atoms with Crippen molar-refractivity contribution < 1.29 is 63.1 Å². The number of carbonyl (C=O) groups is 2. The minimum Gasteiger partial charge on any atom is -0.462 e. The summed E-state index contributed by atoms with van der Waals surface area (Å²) in [7, 11) is -5.15. The molecule has 1 fully saturated rings. The van der Waals surface area contributed by atoms with Crippen molar-refractivity contribution in [1.82, 2.24) is 0 Å². The van der Waals surface area contributed by atoms with Gasteiger partial charge in [-0.3, -0.25) is 18.6 Å². The minimum absolute atomic E-state index is 0.00534. The summed E-state index contributed by atoms with van der Waals surface area (Å²) in [6.07, 6.45) is 36.5. The summed E-state index contributed by atoms with van der Waals surface area (Å²) in [5, 5.41) is 50.1. The molecule has 0 heterocycles. The molecule has 0 radical (unpaired) electrons. The van der Waals surface area contributed by atoms with Gasteiger partial charge < -0.3 is 39.9 Å². The van der Waals surface area contributed by atoms with E-state index < -0.39 is 75.7 Å². The highest BCUT2D eigenvalue weighted by atomic mass is 31.2. The lowest BCUT2D eigenvalue weighted by Crippen LogP contribution is -2.64. The van der Waals surface area contributed by atoms with Crippen molar-refractivity contribution in [1.29, 1.82) is 0 Å². The standard InChI is InChI=1S/C49H81O13P/c1-3-5-7-9-11-13-15-17-19-21-23-25-27-29-31-33-35-37-42(50)59-39-41(40-60-63(57,58)62-49-47(55)45(53)44(52)46(54)48(49)56)61-43(51)38-36-34-32-30-28-26-24-22-20-18-16-14-12-10-8-6-4-2/h6,8,12,14,18,20,23-26,29-32,41,44-49,52-56H,3-5,7,9-11,13,15-17,19,21-22,27-28,33-40H2,1-2H3,(H,57,58)/b8-6+,14-12+,20-18+,25-23+,26-24+,31-29+,32-30+/t41-,44?,45-,46?,47?,48?,49?/m0/s1. The first kappa shape index (κ1) is 58.0. The lowest BCUT2D eigenvalue weighted by Gasteiger charge is -2.41. The van der Waals surface area contributed by atoms with Crippen LogP contribution in [0.1, 0.15) is 155 Å². The monoisotopic (exact) mass is 909 g/mol. The van der Waals surface area contributed by atoms with E-state index in [0.29, 0.717) is 25.7 Å². The van der Waals surface area contributed by atoms with Crippen LogP contribution < -0.4 is 0 Å². The first-order chi connectivity index (χ1) is 30.4. The second-order valence-electron chi connectivity index (χ2n) is 15.9. The molecule has 6 N–H and O–H groups in total. The second kappa shape index (κ2) is 38.3. The molecule has 0 amide bonds. The zero-order chi connectivity index (χ0) is 46.4. The van der Waals surface area contributed by atoms with Gasteiger partial charge in [-0.05, 0) is 77.0 Å². The molecular weight excluding hydrogens is 828 g/mol. The third-order valence-corrected chi connectivity index (χ3v) is 11.2. The highest BCUT2D eigenvalue weighted by molar-refractivity contribution is 7.47. The van der Waals surface area contributed by atoms with E-state index in [9.17, 15) is 44.6 Å². The summed E-state index contributed by atoms with van der Waals surface area (Å²) in [4.78, 5) is 35.7. The Morgan fingerprint density at radius 3 is 1.38 bits per heavy atom. The molecule has 6 unspecified atom stereocenters. The van der Waals surface area contributed by atoms with Crippen LogP contribution in [0.15, 0.2) is 85.1 Å². The Balaban J connectivity index is 2.53. The van der Waals surface area contributed by atoms with E-state index in [-0.39, 0.29) is 12.8 Å². The summed E-state index contributed by atoms with van der Waals surface area (Å²) >= 11 is 0. The van der Waals surface area contributed by atoms with Crippen LogP contribution in [-0.2, 0) is 32.7 Å². The maximum absolute atomic E-state index is 12.8. The average Bonchev–Trinajstić information content (AvgIpc) is 3.26. The number of hydrogen-bond donors (Lipinski definition) is 6. The number of phosphoric ester groups is 1. The van der Waals surface area contributed by atoms with Gasteiger partial charge in [0.25, 0.3) is 0 Å². The molecule has 63 heavy (non-hydrogen) atoms. The number of unbranched alkanes of at least 4 members (excludes halogenated alkanes) is 11. The van der Waals surface area contributed by atoms with Gasteiger partial charge in [-0.25, -0.2) is 4.57 Å². The Labute approximate surface area is 378 Å². The lowest BCUT2D eigenvalue weighted by molar-refractivity contribution is -0.220. The zero-order valence-corrected chi connectivity index (χ0v) is 39.0. The number of phosphoric acid groups is 1. The molecule has 0 aromatic rings. The first-order valence-electron chi connectivity index (χ1n) is 23.4. The number of rotatable bonds is 37. The molecule has 14 heteroatoms. The van der Waals surface area contributed by atoms with Crippen LogP contribution in [0, 0.1) is 0 Å². The predicted molar refractivity (Wildman–Crippen MR) is 248 cm³/mol. The molecule has 0 aliphatic heterocycles. The molecule has 0 aromatic heterocycles. The largest absolute Gasteiger partial charge is 0.472 e. The number of allylic oxidation sites excluding steroid dienone is 14. The van der Waals surface area contributed by atoms with Crippen molar-refractivity contribution in [2.24, 2.45) is 0 Å². The molecule has 13 nitrogen and oxygen atoms in total. The number of hydrogen-bond acceptors (Lipinski definition) is 12. The fourth-order valence-corrected chi connectivity index (χ4v) is 7.45. The van der Waals surface area contributed by atoms with Gasteiger partial charge in [0.2, 0.25) is 0 Å². The van der Waals surface area contributed by atoms with Gasteiger partial charge in [0.15, 0.2) is 6.10 Å². The molecule has 0 saturated heterocycles. The highest BCUT2D eigenvalue weighted by Crippen LogP contribution is 2.47. The van der Waals surface area contributed by atoms with E-state index in [1.54, 1.807) is 0 Å².